The molecule has 3 rings (SSSR count). The number of nitrogens with zero attached hydrogens (tertiary/aromatic N) is 2. The fraction of sp³-hybridized carbons (Fsp3) is 0.348. The van der Waals surface area contributed by atoms with Gasteiger partial charge in [0.15, 0.2) is 6.29 Å². The number of carbonyl (C=O) groups is 3. The second-order valence-electron chi connectivity index (χ2n) is 7.76. The summed E-state index contributed by atoms with van der Waals surface area (Å²) in [7, 11) is 0. The number of rotatable bonds is 10. The van der Waals surface area contributed by atoms with Crippen LogP contribution in [-0.4, -0.2) is 52.4 Å². The Balaban J connectivity index is 1.81. The van der Waals surface area contributed by atoms with E-state index in [4.69, 9.17) is 16.3 Å². The summed E-state index contributed by atoms with van der Waals surface area (Å²) >= 11 is 5.97. The summed E-state index contributed by atoms with van der Waals surface area (Å²) in [6.07, 6.45) is 0.0480. The van der Waals surface area contributed by atoms with E-state index in [1.54, 1.807) is 48.5 Å². The zero-order valence-electron chi connectivity index (χ0n) is 18.5. The van der Waals surface area contributed by atoms with Gasteiger partial charge in [-0.15, -0.1) is 0 Å². The molecule has 176 valence electrons. The summed E-state index contributed by atoms with van der Waals surface area (Å²) in [5.41, 5.74) is 1.47. The molecule has 0 radical (unpaired) electrons. The van der Waals surface area contributed by atoms with Crippen LogP contribution >= 0.6 is 11.6 Å². The molecule has 2 aromatic rings. The predicted octanol–water partition coefficient (Wildman–Crippen LogP) is 4.19. The molecule has 33 heavy (non-hydrogen) atoms. The van der Waals surface area contributed by atoms with Crippen LogP contribution in [0.25, 0.3) is 0 Å². The second-order valence-corrected chi connectivity index (χ2v) is 8.19. The summed E-state index contributed by atoms with van der Waals surface area (Å²) in [5.74, 6) is -1.28. The van der Waals surface area contributed by atoms with Gasteiger partial charge in [-0.05, 0) is 48.4 Å². The number of ether oxygens (including phenoxy) is 1. The molecular formula is C23H27ClN4O5. The number of aliphatic carboxylic acids is 1. The highest BCUT2D eigenvalue weighted by molar-refractivity contribution is 6.30. The molecule has 2 atom stereocenters. The SMILES string of the molecule is CCCOc1ccc(NC2NC(=O)N(C[C@H](C)C(=O)O)C(=O)N2Cc2ccc(Cl)cc2)cc1. The monoisotopic (exact) mass is 474 g/mol. The standard InChI is InChI=1S/C23H27ClN4O5/c1-3-12-33-19-10-8-18(9-11-19)25-21-26-22(31)28(13-15(2)20(29)30)23(32)27(21)14-16-4-6-17(24)7-5-16/h4-11,15,21,25H,3,12-14H2,1-2H3,(H,26,31)(H,29,30)/t15-,21?/m0/s1. The topological polar surface area (TPSA) is 111 Å². The van der Waals surface area contributed by atoms with Gasteiger partial charge < -0.3 is 15.2 Å². The van der Waals surface area contributed by atoms with E-state index in [2.05, 4.69) is 10.6 Å². The van der Waals surface area contributed by atoms with Gasteiger partial charge in [0.05, 0.1) is 19.1 Å². The Hall–Kier alpha value is -3.46. The summed E-state index contributed by atoms with van der Waals surface area (Å²) in [4.78, 5) is 39.5. The molecule has 1 aliphatic rings. The number of benzene rings is 2. The van der Waals surface area contributed by atoms with E-state index >= 15 is 0 Å². The predicted molar refractivity (Wildman–Crippen MR) is 124 cm³/mol. The summed E-state index contributed by atoms with van der Waals surface area (Å²) < 4.78 is 5.59. The molecule has 1 saturated heterocycles. The first kappa shape index (κ1) is 24.2. The molecule has 4 amide bonds. The summed E-state index contributed by atoms with van der Waals surface area (Å²) in [5, 5.41) is 15.7. The number of amides is 4. The van der Waals surface area contributed by atoms with E-state index < -0.39 is 30.2 Å². The van der Waals surface area contributed by atoms with Crippen LogP contribution in [0.15, 0.2) is 48.5 Å². The number of imide groups is 1. The molecule has 1 unspecified atom stereocenters. The van der Waals surface area contributed by atoms with Gasteiger partial charge in [-0.2, -0.15) is 0 Å². The fourth-order valence-electron chi connectivity index (χ4n) is 3.22. The molecule has 0 aliphatic carbocycles. The van der Waals surface area contributed by atoms with Crippen molar-refractivity contribution in [1.29, 1.82) is 0 Å². The van der Waals surface area contributed by atoms with Crippen LogP contribution in [0.2, 0.25) is 5.02 Å². The van der Waals surface area contributed by atoms with Crippen LogP contribution in [0.5, 0.6) is 5.75 Å². The van der Waals surface area contributed by atoms with E-state index in [9.17, 15) is 19.5 Å². The molecule has 2 aromatic carbocycles. The number of anilines is 1. The maximum absolute atomic E-state index is 13.3. The van der Waals surface area contributed by atoms with Gasteiger partial charge in [0.1, 0.15) is 5.75 Å². The van der Waals surface area contributed by atoms with Crippen molar-refractivity contribution in [3.63, 3.8) is 0 Å². The summed E-state index contributed by atoms with van der Waals surface area (Å²) in [6.45, 7) is 4.00. The normalized spacial score (nSPS) is 16.9. The van der Waals surface area contributed by atoms with Gasteiger partial charge in [-0.25, -0.2) is 14.5 Å². The van der Waals surface area contributed by atoms with Crippen molar-refractivity contribution in [1.82, 2.24) is 15.1 Å². The molecule has 0 spiro atoms. The van der Waals surface area contributed by atoms with Gasteiger partial charge in [-0.1, -0.05) is 37.6 Å². The van der Waals surface area contributed by atoms with Gasteiger partial charge in [-0.3, -0.25) is 15.0 Å². The second kappa shape index (κ2) is 10.9. The number of carbonyl (C=O) groups excluding carboxylic acids is 2. The highest BCUT2D eigenvalue weighted by Gasteiger charge is 2.39. The zero-order chi connectivity index (χ0) is 24.0. The largest absolute Gasteiger partial charge is 0.494 e. The van der Waals surface area contributed by atoms with E-state index in [1.807, 2.05) is 6.92 Å². The lowest BCUT2D eigenvalue weighted by Gasteiger charge is -2.41. The fourth-order valence-corrected chi connectivity index (χ4v) is 3.35. The minimum Gasteiger partial charge on any atom is -0.494 e. The maximum atomic E-state index is 13.3. The molecule has 3 N–H and O–H groups in total. The van der Waals surface area contributed by atoms with Crippen LogP contribution in [0.1, 0.15) is 25.8 Å². The van der Waals surface area contributed by atoms with Crippen molar-refractivity contribution in [2.75, 3.05) is 18.5 Å². The third kappa shape index (κ3) is 6.29. The number of carboxylic acid groups (broad SMARTS) is 1. The number of halogens is 1. The lowest BCUT2D eigenvalue weighted by Crippen LogP contribution is -2.67. The van der Waals surface area contributed by atoms with Crippen molar-refractivity contribution in [3.8, 4) is 5.75 Å². The van der Waals surface area contributed by atoms with E-state index in [0.717, 1.165) is 22.6 Å². The van der Waals surface area contributed by atoms with Gasteiger partial charge in [0.25, 0.3) is 0 Å². The van der Waals surface area contributed by atoms with Gasteiger partial charge in [0.2, 0.25) is 0 Å². The number of hydrogen-bond donors (Lipinski definition) is 3. The Bertz CT molecular complexity index is 983. The Morgan fingerprint density at radius 3 is 2.45 bits per heavy atom. The van der Waals surface area contributed by atoms with Crippen LogP contribution in [0, 0.1) is 5.92 Å². The van der Waals surface area contributed by atoms with E-state index in [-0.39, 0.29) is 13.1 Å². The van der Waals surface area contributed by atoms with Crippen molar-refractivity contribution in [2.45, 2.75) is 33.1 Å². The molecule has 1 heterocycles. The molecule has 0 saturated carbocycles. The first-order chi connectivity index (χ1) is 15.8. The lowest BCUT2D eigenvalue weighted by atomic mass is 10.1. The number of hydrogen-bond acceptors (Lipinski definition) is 5. The van der Waals surface area contributed by atoms with E-state index in [1.165, 1.54) is 11.8 Å². The molecule has 1 fully saturated rings. The Morgan fingerprint density at radius 2 is 1.85 bits per heavy atom. The molecular weight excluding hydrogens is 448 g/mol. The molecule has 0 aromatic heterocycles. The smallest absolute Gasteiger partial charge is 0.331 e. The average Bonchev–Trinajstić information content (AvgIpc) is 2.79. The third-order valence-electron chi connectivity index (χ3n) is 5.07. The maximum Gasteiger partial charge on any atom is 0.331 e. The number of urea groups is 2. The molecule has 9 nitrogen and oxygen atoms in total. The zero-order valence-corrected chi connectivity index (χ0v) is 19.2. The number of nitrogens with one attached hydrogen (secondary N) is 2. The average molecular weight is 475 g/mol. The van der Waals surface area contributed by atoms with Crippen molar-refractivity contribution in [3.05, 3.63) is 59.1 Å². The Kier molecular flexibility index (Phi) is 8.00. The lowest BCUT2D eigenvalue weighted by molar-refractivity contribution is -0.141. The first-order valence-electron chi connectivity index (χ1n) is 10.6. The van der Waals surface area contributed by atoms with Gasteiger partial charge in [0, 0.05) is 17.3 Å². The Labute approximate surface area is 197 Å². The van der Waals surface area contributed by atoms with Crippen molar-refractivity contribution < 1.29 is 24.2 Å². The molecule has 1 aliphatic heterocycles. The van der Waals surface area contributed by atoms with Crippen LogP contribution in [0.3, 0.4) is 0 Å². The van der Waals surface area contributed by atoms with Crippen molar-refractivity contribution in [2.24, 2.45) is 5.92 Å². The third-order valence-corrected chi connectivity index (χ3v) is 5.32. The minimum atomic E-state index is -1.09. The summed E-state index contributed by atoms with van der Waals surface area (Å²) in [6, 6.07) is 12.9. The highest BCUT2D eigenvalue weighted by atomic mass is 35.5. The minimum absolute atomic E-state index is 0.170. The molecule has 0 bridgehead atoms. The molecule has 10 heteroatoms. The van der Waals surface area contributed by atoms with Crippen LogP contribution in [-0.2, 0) is 11.3 Å². The highest BCUT2D eigenvalue weighted by Crippen LogP contribution is 2.22. The van der Waals surface area contributed by atoms with Crippen molar-refractivity contribution >= 4 is 35.3 Å². The quantitative estimate of drug-likeness (QED) is 0.476. The Morgan fingerprint density at radius 1 is 1.18 bits per heavy atom. The van der Waals surface area contributed by atoms with Gasteiger partial charge >= 0.3 is 18.0 Å². The van der Waals surface area contributed by atoms with E-state index in [0.29, 0.717) is 17.3 Å². The van der Waals surface area contributed by atoms with Crippen LogP contribution in [0.4, 0.5) is 15.3 Å². The first-order valence-corrected chi connectivity index (χ1v) is 11.0. The van der Waals surface area contributed by atoms with Crippen LogP contribution < -0.4 is 15.4 Å². The number of carboxylic acids is 1.